The van der Waals surface area contributed by atoms with E-state index < -0.39 is 0 Å². The van der Waals surface area contributed by atoms with E-state index in [4.69, 9.17) is 10.1 Å². The Labute approximate surface area is 84.6 Å². The molecule has 0 aliphatic heterocycles. The maximum Gasteiger partial charge on any atom is 0.180 e. The Hall–Kier alpha value is -1.38. The van der Waals surface area contributed by atoms with Crippen molar-refractivity contribution < 1.29 is 4.74 Å². The number of pyridine rings is 1. The van der Waals surface area contributed by atoms with Crippen LogP contribution in [0, 0.1) is 5.41 Å². The minimum absolute atomic E-state index is 0.378. The molecule has 0 spiro atoms. The highest BCUT2D eigenvalue weighted by Gasteiger charge is 1.98. The zero-order valence-electron chi connectivity index (χ0n) is 8.49. The van der Waals surface area contributed by atoms with Crippen LogP contribution in [0.2, 0.25) is 0 Å². The largest absolute Gasteiger partial charge is 0.481 e. The summed E-state index contributed by atoms with van der Waals surface area (Å²) in [6, 6.07) is 5.90. The van der Waals surface area contributed by atoms with E-state index in [1.807, 2.05) is 25.1 Å². The van der Waals surface area contributed by atoms with Gasteiger partial charge in [-0.2, -0.15) is 0 Å². The first-order valence-corrected chi connectivity index (χ1v) is 4.93. The molecule has 1 heterocycles. The number of hydrogen-bond acceptors (Lipinski definition) is 3. The van der Waals surface area contributed by atoms with E-state index in [-0.39, 0.29) is 0 Å². The quantitative estimate of drug-likeness (QED) is 0.575. The minimum Gasteiger partial charge on any atom is -0.481 e. The van der Waals surface area contributed by atoms with Crippen molar-refractivity contribution in [3.05, 3.63) is 30.1 Å². The molecule has 0 aromatic carbocycles. The molecular weight excluding hydrogens is 176 g/mol. The Morgan fingerprint density at radius 2 is 2.36 bits per heavy atom. The first kappa shape index (κ1) is 10.7. The van der Waals surface area contributed by atoms with Gasteiger partial charge in [0.2, 0.25) is 0 Å². The average Bonchev–Trinajstić information content (AvgIpc) is 2.20. The summed E-state index contributed by atoms with van der Waals surface area (Å²) >= 11 is 0. The second-order valence-corrected chi connectivity index (χ2v) is 3.03. The molecule has 14 heavy (non-hydrogen) atoms. The van der Waals surface area contributed by atoms with Crippen LogP contribution in [-0.2, 0) is 11.2 Å². The van der Waals surface area contributed by atoms with Gasteiger partial charge in [-0.3, -0.25) is 10.4 Å². The van der Waals surface area contributed by atoms with Crippen LogP contribution in [0.25, 0.3) is 0 Å². The number of ether oxygens (including phenoxy) is 1. The topological polar surface area (TPSA) is 46.0 Å². The summed E-state index contributed by atoms with van der Waals surface area (Å²) in [5.41, 5.74) is 1.08. The van der Waals surface area contributed by atoms with Gasteiger partial charge < -0.3 is 4.74 Å². The molecule has 0 amide bonds. The molecule has 0 radical (unpaired) electrons. The fraction of sp³-hybridized carbons (Fsp3) is 0.455. The molecular formula is C11H16N2O. The number of aromatic nitrogens is 1. The summed E-state index contributed by atoms with van der Waals surface area (Å²) in [7, 11) is 0. The monoisotopic (exact) mass is 192 g/mol. The molecule has 1 aromatic rings. The lowest BCUT2D eigenvalue weighted by atomic mass is 10.2. The van der Waals surface area contributed by atoms with E-state index in [1.165, 1.54) is 0 Å². The van der Waals surface area contributed by atoms with Crippen molar-refractivity contribution in [2.75, 3.05) is 6.61 Å². The molecule has 0 fully saturated rings. The third-order valence-corrected chi connectivity index (χ3v) is 1.88. The Bertz CT molecular complexity index is 272. The third-order valence-electron chi connectivity index (χ3n) is 1.88. The van der Waals surface area contributed by atoms with Gasteiger partial charge in [0.15, 0.2) is 5.90 Å². The van der Waals surface area contributed by atoms with Gasteiger partial charge in [0.05, 0.1) is 6.61 Å². The second-order valence-electron chi connectivity index (χ2n) is 3.03. The van der Waals surface area contributed by atoms with Gasteiger partial charge in [0.1, 0.15) is 0 Å². The zero-order valence-corrected chi connectivity index (χ0v) is 8.49. The van der Waals surface area contributed by atoms with E-state index in [0.717, 1.165) is 18.5 Å². The summed E-state index contributed by atoms with van der Waals surface area (Å²) in [4.78, 5) is 4.21. The van der Waals surface area contributed by atoms with Crippen LogP contribution in [0.1, 0.15) is 25.5 Å². The van der Waals surface area contributed by atoms with Gasteiger partial charge >= 0.3 is 0 Å². The van der Waals surface area contributed by atoms with Crippen molar-refractivity contribution in [2.45, 2.75) is 26.2 Å². The van der Waals surface area contributed by atoms with Gasteiger partial charge in [-0.05, 0) is 31.9 Å². The second kappa shape index (κ2) is 6.13. The molecule has 0 unspecified atom stereocenters. The van der Waals surface area contributed by atoms with E-state index in [9.17, 15) is 0 Å². The van der Waals surface area contributed by atoms with Crippen molar-refractivity contribution in [1.82, 2.24) is 4.98 Å². The SMILES string of the molecule is CCOC(=N)CCCc1ccccn1. The molecule has 3 heteroatoms. The Morgan fingerprint density at radius 1 is 1.50 bits per heavy atom. The molecule has 0 saturated heterocycles. The van der Waals surface area contributed by atoms with Gasteiger partial charge in [0, 0.05) is 18.3 Å². The molecule has 0 aliphatic carbocycles. The van der Waals surface area contributed by atoms with Crippen LogP contribution in [-0.4, -0.2) is 17.5 Å². The van der Waals surface area contributed by atoms with E-state index in [1.54, 1.807) is 6.20 Å². The standard InChI is InChI=1S/C11H16N2O/c1-2-14-11(12)8-5-7-10-6-3-4-9-13-10/h3-4,6,9,12H,2,5,7-8H2,1H3. The maximum absolute atomic E-state index is 7.41. The van der Waals surface area contributed by atoms with E-state index in [0.29, 0.717) is 18.9 Å². The Morgan fingerprint density at radius 3 is 3.00 bits per heavy atom. The van der Waals surface area contributed by atoms with Crippen molar-refractivity contribution in [3.8, 4) is 0 Å². The van der Waals surface area contributed by atoms with Gasteiger partial charge in [-0.1, -0.05) is 6.07 Å². The van der Waals surface area contributed by atoms with Crippen molar-refractivity contribution in [2.24, 2.45) is 0 Å². The van der Waals surface area contributed by atoms with E-state index in [2.05, 4.69) is 4.98 Å². The van der Waals surface area contributed by atoms with Crippen LogP contribution in [0.5, 0.6) is 0 Å². The Balaban J connectivity index is 2.19. The summed E-state index contributed by atoms with van der Waals surface area (Å²) in [5, 5.41) is 7.41. The van der Waals surface area contributed by atoms with Crippen LogP contribution < -0.4 is 0 Å². The number of aryl methyl sites for hydroxylation is 1. The molecule has 3 nitrogen and oxygen atoms in total. The zero-order chi connectivity index (χ0) is 10.2. The summed E-state index contributed by atoms with van der Waals surface area (Å²) < 4.78 is 5.04. The van der Waals surface area contributed by atoms with Crippen LogP contribution in [0.15, 0.2) is 24.4 Å². The Kier molecular flexibility index (Phi) is 4.69. The molecule has 0 saturated carbocycles. The molecule has 0 bridgehead atoms. The molecule has 1 rings (SSSR count). The average molecular weight is 192 g/mol. The van der Waals surface area contributed by atoms with Crippen molar-refractivity contribution in [1.29, 1.82) is 5.41 Å². The smallest absolute Gasteiger partial charge is 0.180 e. The van der Waals surface area contributed by atoms with E-state index >= 15 is 0 Å². The lowest BCUT2D eigenvalue weighted by Crippen LogP contribution is -2.03. The van der Waals surface area contributed by atoms with Crippen LogP contribution in [0.4, 0.5) is 0 Å². The molecule has 1 N–H and O–H groups in total. The lowest BCUT2D eigenvalue weighted by Gasteiger charge is -2.03. The fourth-order valence-electron chi connectivity index (χ4n) is 1.22. The van der Waals surface area contributed by atoms with Gasteiger partial charge in [-0.15, -0.1) is 0 Å². The van der Waals surface area contributed by atoms with Gasteiger partial charge in [0.25, 0.3) is 0 Å². The predicted octanol–water partition coefficient (Wildman–Crippen LogP) is 2.42. The number of rotatable bonds is 5. The highest BCUT2D eigenvalue weighted by atomic mass is 16.5. The highest BCUT2D eigenvalue weighted by molar-refractivity contribution is 5.72. The first-order chi connectivity index (χ1) is 6.83. The van der Waals surface area contributed by atoms with Crippen molar-refractivity contribution in [3.63, 3.8) is 0 Å². The van der Waals surface area contributed by atoms with Crippen molar-refractivity contribution >= 4 is 5.90 Å². The predicted molar refractivity (Wildman–Crippen MR) is 56.5 cm³/mol. The van der Waals surface area contributed by atoms with Gasteiger partial charge in [-0.25, -0.2) is 0 Å². The molecule has 76 valence electrons. The summed E-state index contributed by atoms with van der Waals surface area (Å²) in [6.45, 7) is 2.48. The molecule has 0 atom stereocenters. The summed E-state index contributed by atoms with van der Waals surface area (Å²) in [5.74, 6) is 0.378. The summed E-state index contributed by atoms with van der Waals surface area (Å²) in [6.07, 6.45) is 4.33. The maximum atomic E-state index is 7.41. The highest BCUT2D eigenvalue weighted by Crippen LogP contribution is 2.02. The normalized spacial score (nSPS) is 9.79. The molecule has 1 aromatic heterocycles. The lowest BCUT2D eigenvalue weighted by molar-refractivity contribution is 0.313. The number of nitrogens with one attached hydrogen (secondary N) is 1. The third kappa shape index (κ3) is 4.03. The minimum atomic E-state index is 0.378. The number of hydrogen-bond donors (Lipinski definition) is 1. The first-order valence-electron chi connectivity index (χ1n) is 4.93. The molecule has 0 aliphatic rings. The number of nitrogens with zero attached hydrogens (tertiary/aromatic N) is 1. The van der Waals surface area contributed by atoms with Crippen LogP contribution in [0.3, 0.4) is 0 Å². The van der Waals surface area contributed by atoms with Crippen LogP contribution >= 0.6 is 0 Å². The fourth-order valence-corrected chi connectivity index (χ4v) is 1.22.